The van der Waals surface area contributed by atoms with Gasteiger partial charge in [0.2, 0.25) is 0 Å². The lowest BCUT2D eigenvalue weighted by atomic mass is 9.92. The van der Waals surface area contributed by atoms with Crippen molar-refractivity contribution in [1.82, 2.24) is 5.32 Å². The number of aliphatic hydroxyl groups excluding tert-OH is 1. The SMILES string of the molecule is O=[N+]([O-])c1cc(Cl)cc(CNC2CCCCC2O)c1O. The largest absolute Gasteiger partial charge is 0.502 e. The fraction of sp³-hybridized carbons (Fsp3) is 0.538. The van der Waals surface area contributed by atoms with Crippen molar-refractivity contribution >= 4 is 17.3 Å². The third-order valence-corrected chi connectivity index (χ3v) is 3.83. The lowest BCUT2D eigenvalue weighted by molar-refractivity contribution is -0.385. The van der Waals surface area contributed by atoms with Crippen LogP contribution in [0.25, 0.3) is 0 Å². The summed E-state index contributed by atoms with van der Waals surface area (Å²) in [6, 6.07) is 2.56. The summed E-state index contributed by atoms with van der Waals surface area (Å²) in [6.45, 7) is 0.231. The number of halogens is 1. The topological polar surface area (TPSA) is 95.6 Å². The number of benzene rings is 1. The Morgan fingerprint density at radius 2 is 2.10 bits per heavy atom. The van der Waals surface area contributed by atoms with Crippen LogP contribution >= 0.6 is 11.6 Å². The molecular weight excluding hydrogens is 284 g/mol. The predicted octanol–water partition coefficient (Wildman–Crippen LogP) is 2.35. The Kier molecular flexibility index (Phi) is 4.80. The van der Waals surface area contributed by atoms with Gasteiger partial charge in [0.05, 0.1) is 11.0 Å². The van der Waals surface area contributed by atoms with Crippen molar-refractivity contribution in [1.29, 1.82) is 0 Å². The van der Waals surface area contributed by atoms with Crippen molar-refractivity contribution in [3.05, 3.63) is 32.8 Å². The van der Waals surface area contributed by atoms with E-state index in [0.717, 1.165) is 31.7 Å². The minimum atomic E-state index is -0.666. The number of hydrogen-bond donors (Lipinski definition) is 3. The van der Waals surface area contributed by atoms with Crippen LogP contribution in [-0.4, -0.2) is 27.3 Å². The molecular formula is C13H17ClN2O4. The first-order valence-corrected chi connectivity index (χ1v) is 6.94. The standard InChI is InChI=1S/C13H17ClN2O4/c14-9-5-8(13(18)11(6-9)16(19)20)7-15-10-3-1-2-4-12(10)17/h5-6,10,12,15,17-18H,1-4,7H2. The maximum atomic E-state index is 10.8. The third-order valence-electron chi connectivity index (χ3n) is 3.61. The van der Waals surface area contributed by atoms with Gasteiger partial charge in [-0.3, -0.25) is 10.1 Å². The first kappa shape index (κ1) is 15.0. The second-order valence-electron chi connectivity index (χ2n) is 5.03. The molecule has 0 aromatic heterocycles. The fourth-order valence-electron chi connectivity index (χ4n) is 2.50. The Morgan fingerprint density at radius 3 is 2.75 bits per heavy atom. The highest BCUT2D eigenvalue weighted by molar-refractivity contribution is 6.31. The summed E-state index contributed by atoms with van der Waals surface area (Å²) in [5, 5.41) is 33.9. The van der Waals surface area contributed by atoms with E-state index in [1.807, 2.05) is 0 Å². The van der Waals surface area contributed by atoms with Crippen molar-refractivity contribution in [2.24, 2.45) is 0 Å². The minimum absolute atomic E-state index is 0.0545. The second-order valence-corrected chi connectivity index (χ2v) is 5.47. The maximum absolute atomic E-state index is 10.8. The number of nitrogens with one attached hydrogen (secondary N) is 1. The quantitative estimate of drug-likeness (QED) is 0.586. The first-order valence-electron chi connectivity index (χ1n) is 6.56. The van der Waals surface area contributed by atoms with Crippen molar-refractivity contribution in [2.45, 2.75) is 44.4 Å². The molecule has 6 nitrogen and oxygen atoms in total. The van der Waals surface area contributed by atoms with E-state index in [1.54, 1.807) is 0 Å². The Bertz CT molecular complexity index is 509. The number of rotatable bonds is 4. The van der Waals surface area contributed by atoms with Crippen molar-refractivity contribution in [3.8, 4) is 5.75 Å². The molecule has 20 heavy (non-hydrogen) atoms. The van der Waals surface area contributed by atoms with Crippen LogP contribution in [0.1, 0.15) is 31.2 Å². The molecule has 2 unspecified atom stereocenters. The van der Waals surface area contributed by atoms with E-state index in [4.69, 9.17) is 11.6 Å². The molecule has 1 aliphatic rings. The second kappa shape index (κ2) is 6.39. The summed E-state index contributed by atoms with van der Waals surface area (Å²) >= 11 is 5.82. The van der Waals surface area contributed by atoms with Crippen LogP contribution in [0.4, 0.5) is 5.69 Å². The molecule has 110 valence electrons. The normalized spacial score (nSPS) is 22.7. The summed E-state index contributed by atoms with van der Waals surface area (Å²) in [4.78, 5) is 10.1. The van der Waals surface area contributed by atoms with E-state index in [0.29, 0.717) is 5.56 Å². The van der Waals surface area contributed by atoms with Gasteiger partial charge in [0.1, 0.15) is 0 Å². The van der Waals surface area contributed by atoms with Crippen LogP contribution < -0.4 is 5.32 Å². The van der Waals surface area contributed by atoms with E-state index in [-0.39, 0.29) is 23.4 Å². The van der Waals surface area contributed by atoms with Gasteiger partial charge in [0, 0.05) is 29.2 Å². The van der Waals surface area contributed by atoms with Gasteiger partial charge in [-0.1, -0.05) is 24.4 Å². The highest BCUT2D eigenvalue weighted by atomic mass is 35.5. The lowest BCUT2D eigenvalue weighted by Gasteiger charge is -2.28. The zero-order valence-electron chi connectivity index (χ0n) is 10.9. The molecule has 1 aliphatic carbocycles. The fourth-order valence-corrected chi connectivity index (χ4v) is 2.74. The first-order chi connectivity index (χ1) is 9.49. The van der Waals surface area contributed by atoms with Gasteiger partial charge in [-0.15, -0.1) is 0 Å². The van der Waals surface area contributed by atoms with Crippen LogP contribution in [0, 0.1) is 10.1 Å². The van der Waals surface area contributed by atoms with E-state index in [9.17, 15) is 20.3 Å². The lowest BCUT2D eigenvalue weighted by Crippen LogP contribution is -2.41. The summed E-state index contributed by atoms with van der Waals surface area (Å²) in [5.74, 6) is -0.378. The highest BCUT2D eigenvalue weighted by Gasteiger charge is 2.24. The molecule has 0 heterocycles. The number of hydrogen-bond acceptors (Lipinski definition) is 5. The van der Waals surface area contributed by atoms with Crippen LogP contribution in [0.15, 0.2) is 12.1 Å². The molecule has 1 fully saturated rings. The van der Waals surface area contributed by atoms with Crippen LogP contribution in [0.2, 0.25) is 5.02 Å². The van der Waals surface area contributed by atoms with Gasteiger partial charge in [-0.2, -0.15) is 0 Å². The number of nitrogens with zero attached hydrogens (tertiary/aromatic N) is 1. The van der Waals surface area contributed by atoms with E-state index >= 15 is 0 Å². The van der Waals surface area contributed by atoms with Gasteiger partial charge in [0.15, 0.2) is 5.75 Å². The molecule has 0 saturated heterocycles. The van der Waals surface area contributed by atoms with Gasteiger partial charge in [-0.25, -0.2) is 0 Å². The number of nitro benzene ring substituents is 1. The van der Waals surface area contributed by atoms with E-state index < -0.39 is 16.7 Å². The van der Waals surface area contributed by atoms with Gasteiger partial charge >= 0.3 is 5.69 Å². The molecule has 0 aliphatic heterocycles. The molecule has 2 atom stereocenters. The molecule has 0 bridgehead atoms. The summed E-state index contributed by atoms with van der Waals surface area (Å²) < 4.78 is 0. The zero-order chi connectivity index (χ0) is 14.7. The molecule has 0 spiro atoms. The monoisotopic (exact) mass is 300 g/mol. The summed E-state index contributed by atoms with van der Waals surface area (Å²) in [7, 11) is 0. The number of phenols is 1. The van der Waals surface area contributed by atoms with E-state index in [1.165, 1.54) is 6.07 Å². The molecule has 3 N–H and O–H groups in total. The van der Waals surface area contributed by atoms with Crippen molar-refractivity contribution < 1.29 is 15.1 Å². The predicted molar refractivity (Wildman–Crippen MR) is 74.9 cm³/mol. The Morgan fingerprint density at radius 1 is 1.40 bits per heavy atom. The molecule has 7 heteroatoms. The van der Waals surface area contributed by atoms with Gasteiger partial charge < -0.3 is 15.5 Å². The number of aromatic hydroxyl groups is 1. The molecule has 1 aromatic carbocycles. The molecule has 1 aromatic rings. The van der Waals surface area contributed by atoms with Crippen molar-refractivity contribution in [2.75, 3.05) is 0 Å². The zero-order valence-corrected chi connectivity index (χ0v) is 11.6. The number of nitro groups is 1. The maximum Gasteiger partial charge on any atom is 0.312 e. The van der Waals surface area contributed by atoms with Crippen LogP contribution in [0.3, 0.4) is 0 Å². The van der Waals surface area contributed by atoms with Crippen molar-refractivity contribution in [3.63, 3.8) is 0 Å². The molecule has 1 saturated carbocycles. The number of phenolic OH excluding ortho intramolecular Hbond substituents is 1. The average Bonchev–Trinajstić information content (AvgIpc) is 2.40. The molecule has 2 rings (SSSR count). The highest BCUT2D eigenvalue weighted by Crippen LogP contribution is 2.33. The summed E-state index contributed by atoms with van der Waals surface area (Å²) in [6.07, 6.45) is 3.23. The Balaban J connectivity index is 2.11. The Labute approximate surface area is 121 Å². The van der Waals surface area contributed by atoms with Gasteiger partial charge in [-0.05, 0) is 18.9 Å². The van der Waals surface area contributed by atoms with Crippen LogP contribution in [0.5, 0.6) is 5.75 Å². The smallest absolute Gasteiger partial charge is 0.312 e. The number of aliphatic hydroxyl groups is 1. The minimum Gasteiger partial charge on any atom is -0.502 e. The van der Waals surface area contributed by atoms with Gasteiger partial charge in [0.25, 0.3) is 0 Å². The summed E-state index contributed by atoms with van der Waals surface area (Å²) in [5.41, 5.74) is -0.0412. The Hall–Kier alpha value is -1.37. The van der Waals surface area contributed by atoms with Crippen LogP contribution in [-0.2, 0) is 6.54 Å². The third kappa shape index (κ3) is 3.39. The molecule has 0 radical (unpaired) electrons. The van der Waals surface area contributed by atoms with E-state index in [2.05, 4.69) is 5.32 Å². The molecule has 0 amide bonds. The average molecular weight is 301 g/mol.